The van der Waals surface area contributed by atoms with E-state index < -0.39 is 5.54 Å². The van der Waals surface area contributed by atoms with E-state index in [-0.39, 0.29) is 5.60 Å². The second-order valence-corrected chi connectivity index (χ2v) is 5.60. The fourth-order valence-electron chi connectivity index (χ4n) is 2.71. The first kappa shape index (κ1) is 14.7. The third-order valence-electron chi connectivity index (χ3n) is 4.10. The number of benzene rings is 1. The number of ether oxygens (including phenoxy) is 2. The summed E-state index contributed by atoms with van der Waals surface area (Å²) >= 11 is 0. The molecule has 0 radical (unpaired) electrons. The van der Waals surface area contributed by atoms with Gasteiger partial charge in [0.1, 0.15) is 11.3 Å². The van der Waals surface area contributed by atoms with Gasteiger partial charge in [0.2, 0.25) is 0 Å². The molecule has 1 aromatic rings. The second-order valence-electron chi connectivity index (χ2n) is 5.60. The highest BCUT2D eigenvalue weighted by Gasteiger charge is 2.43. The zero-order valence-electron chi connectivity index (χ0n) is 12.4. The number of nitrogens with one attached hydrogen (secondary N) is 1. The van der Waals surface area contributed by atoms with Gasteiger partial charge in [-0.3, -0.25) is 0 Å². The normalized spacial score (nSPS) is 29.5. The van der Waals surface area contributed by atoms with Crippen LogP contribution in [-0.4, -0.2) is 24.9 Å². The van der Waals surface area contributed by atoms with Gasteiger partial charge in [-0.2, -0.15) is 5.26 Å². The smallest absolute Gasteiger partial charge is 0.141 e. The second kappa shape index (κ2) is 5.72. The molecule has 2 rings (SSSR count). The predicted molar refractivity (Wildman–Crippen MR) is 78.8 cm³/mol. The zero-order chi connectivity index (χ0) is 14.6. The predicted octanol–water partition coefficient (Wildman–Crippen LogP) is 3.35. The molecule has 1 N–H and O–H groups in total. The molecule has 0 spiro atoms. The third kappa shape index (κ3) is 2.88. The lowest BCUT2D eigenvalue weighted by molar-refractivity contribution is -0.0809. The van der Waals surface area contributed by atoms with Crippen molar-refractivity contribution in [1.29, 1.82) is 5.26 Å². The molecule has 20 heavy (non-hydrogen) atoms. The molecule has 2 atom stereocenters. The molecule has 1 aromatic carbocycles. The molecule has 1 saturated heterocycles. The van der Waals surface area contributed by atoms with Gasteiger partial charge in [-0.25, -0.2) is 0 Å². The van der Waals surface area contributed by atoms with Crippen LogP contribution in [0.15, 0.2) is 24.3 Å². The van der Waals surface area contributed by atoms with E-state index in [0.717, 1.165) is 17.9 Å². The van der Waals surface area contributed by atoms with E-state index >= 15 is 0 Å². The molecule has 1 heterocycles. The SMILES string of the molecule is CCC1(C)CC(C#N)(Nc2ccccc2OC)CCO1. The van der Waals surface area contributed by atoms with Crippen LogP contribution in [0.25, 0.3) is 0 Å². The maximum Gasteiger partial charge on any atom is 0.141 e. The van der Waals surface area contributed by atoms with Crippen molar-refractivity contribution in [1.82, 2.24) is 0 Å². The molecule has 0 amide bonds. The van der Waals surface area contributed by atoms with Crippen molar-refractivity contribution in [2.24, 2.45) is 0 Å². The third-order valence-corrected chi connectivity index (χ3v) is 4.10. The van der Waals surface area contributed by atoms with Crippen LogP contribution in [0.2, 0.25) is 0 Å². The molecule has 1 aliphatic heterocycles. The van der Waals surface area contributed by atoms with Crippen LogP contribution < -0.4 is 10.1 Å². The molecule has 0 saturated carbocycles. The Morgan fingerprint density at radius 2 is 2.20 bits per heavy atom. The molecule has 0 bridgehead atoms. The Morgan fingerprint density at radius 3 is 2.85 bits per heavy atom. The van der Waals surface area contributed by atoms with Crippen molar-refractivity contribution >= 4 is 5.69 Å². The van der Waals surface area contributed by atoms with Crippen molar-refractivity contribution in [3.63, 3.8) is 0 Å². The summed E-state index contributed by atoms with van der Waals surface area (Å²) in [5, 5.41) is 13.1. The van der Waals surface area contributed by atoms with Crippen LogP contribution >= 0.6 is 0 Å². The van der Waals surface area contributed by atoms with E-state index in [9.17, 15) is 5.26 Å². The van der Waals surface area contributed by atoms with Crippen LogP contribution in [0.1, 0.15) is 33.1 Å². The maximum absolute atomic E-state index is 9.69. The average molecular weight is 274 g/mol. The summed E-state index contributed by atoms with van der Waals surface area (Å²) in [6.45, 7) is 4.76. The van der Waals surface area contributed by atoms with E-state index in [4.69, 9.17) is 9.47 Å². The maximum atomic E-state index is 9.69. The highest BCUT2D eigenvalue weighted by Crippen LogP contribution is 2.38. The quantitative estimate of drug-likeness (QED) is 0.914. The van der Waals surface area contributed by atoms with Gasteiger partial charge in [-0.05, 0) is 25.5 Å². The van der Waals surface area contributed by atoms with Crippen LogP contribution in [0.3, 0.4) is 0 Å². The minimum atomic E-state index is -0.600. The Hall–Kier alpha value is -1.73. The van der Waals surface area contributed by atoms with Gasteiger partial charge in [-0.15, -0.1) is 0 Å². The number of hydrogen-bond donors (Lipinski definition) is 1. The molecule has 2 unspecified atom stereocenters. The fourth-order valence-corrected chi connectivity index (χ4v) is 2.71. The minimum absolute atomic E-state index is 0.247. The number of nitriles is 1. The van der Waals surface area contributed by atoms with Gasteiger partial charge in [0.05, 0.1) is 31.1 Å². The van der Waals surface area contributed by atoms with Gasteiger partial charge >= 0.3 is 0 Å². The Morgan fingerprint density at radius 1 is 1.45 bits per heavy atom. The van der Waals surface area contributed by atoms with E-state index in [1.807, 2.05) is 24.3 Å². The van der Waals surface area contributed by atoms with Crippen molar-refractivity contribution in [3.05, 3.63) is 24.3 Å². The number of rotatable bonds is 4. The van der Waals surface area contributed by atoms with Crippen molar-refractivity contribution in [3.8, 4) is 11.8 Å². The minimum Gasteiger partial charge on any atom is -0.495 e. The van der Waals surface area contributed by atoms with E-state index in [0.29, 0.717) is 19.4 Å². The summed E-state index contributed by atoms with van der Waals surface area (Å²) in [5.41, 5.74) is 0.0117. The molecule has 108 valence electrons. The van der Waals surface area contributed by atoms with Gasteiger partial charge in [-0.1, -0.05) is 19.1 Å². The molecular weight excluding hydrogens is 252 g/mol. The monoisotopic (exact) mass is 274 g/mol. The molecule has 4 heteroatoms. The fraction of sp³-hybridized carbons (Fsp3) is 0.562. The molecule has 4 nitrogen and oxygen atoms in total. The average Bonchev–Trinajstić information content (AvgIpc) is 2.48. The zero-order valence-corrected chi connectivity index (χ0v) is 12.4. The van der Waals surface area contributed by atoms with E-state index in [2.05, 4.69) is 25.2 Å². The highest BCUT2D eigenvalue weighted by molar-refractivity contribution is 5.59. The lowest BCUT2D eigenvalue weighted by Gasteiger charge is -2.43. The standard InChI is InChI=1S/C16H22N2O2/c1-4-15(2)11-16(12-17,9-10-20-15)18-13-7-5-6-8-14(13)19-3/h5-8,18H,4,9-11H2,1-3H3. The van der Waals surface area contributed by atoms with E-state index in [1.165, 1.54) is 0 Å². The van der Waals surface area contributed by atoms with Crippen LogP contribution in [0.5, 0.6) is 5.75 Å². The number of hydrogen-bond acceptors (Lipinski definition) is 4. The molecule has 1 aliphatic rings. The van der Waals surface area contributed by atoms with Gasteiger partial charge < -0.3 is 14.8 Å². The van der Waals surface area contributed by atoms with Crippen LogP contribution in [0, 0.1) is 11.3 Å². The molecule has 0 aromatic heterocycles. The summed E-state index contributed by atoms with van der Waals surface area (Å²) in [7, 11) is 1.64. The van der Waals surface area contributed by atoms with Crippen molar-refractivity contribution in [2.75, 3.05) is 19.0 Å². The highest BCUT2D eigenvalue weighted by atomic mass is 16.5. The first-order chi connectivity index (χ1) is 9.56. The molecular formula is C16H22N2O2. The topological polar surface area (TPSA) is 54.3 Å². The first-order valence-corrected chi connectivity index (χ1v) is 7.03. The van der Waals surface area contributed by atoms with Crippen LogP contribution in [0.4, 0.5) is 5.69 Å². The number of anilines is 1. The Balaban J connectivity index is 2.26. The van der Waals surface area contributed by atoms with Crippen molar-refractivity contribution in [2.45, 2.75) is 44.2 Å². The van der Waals surface area contributed by atoms with Gasteiger partial charge in [0.15, 0.2) is 0 Å². The molecule has 0 aliphatic carbocycles. The Bertz CT molecular complexity index is 511. The number of nitrogens with zero attached hydrogens (tertiary/aromatic N) is 1. The van der Waals surface area contributed by atoms with Crippen molar-refractivity contribution < 1.29 is 9.47 Å². The lowest BCUT2D eigenvalue weighted by atomic mass is 9.80. The van der Waals surface area contributed by atoms with Crippen LogP contribution in [-0.2, 0) is 4.74 Å². The van der Waals surface area contributed by atoms with Gasteiger partial charge in [0, 0.05) is 12.8 Å². The Labute approximate surface area is 120 Å². The summed E-state index contributed by atoms with van der Waals surface area (Å²) in [6, 6.07) is 10.2. The number of para-hydroxylation sites is 2. The largest absolute Gasteiger partial charge is 0.495 e. The summed E-state index contributed by atoms with van der Waals surface area (Å²) in [6.07, 6.45) is 2.24. The Kier molecular flexibility index (Phi) is 4.20. The molecule has 1 fully saturated rings. The first-order valence-electron chi connectivity index (χ1n) is 7.03. The van der Waals surface area contributed by atoms with Gasteiger partial charge in [0.25, 0.3) is 0 Å². The summed E-state index contributed by atoms with van der Waals surface area (Å²) in [4.78, 5) is 0. The number of methoxy groups -OCH3 is 1. The summed E-state index contributed by atoms with van der Waals surface area (Å²) in [5.74, 6) is 0.756. The lowest BCUT2D eigenvalue weighted by Crippen LogP contribution is -2.50. The summed E-state index contributed by atoms with van der Waals surface area (Å²) < 4.78 is 11.2. The van der Waals surface area contributed by atoms with E-state index in [1.54, 1.807) is 7.11 Å².